The van der Waals surface area contributed by atoms with Gasteiger partial charge >= 0.3 is 0 Å². The van der Waals surface area contributed by atoms with Gasteiger partial charge in [-0.25, -0.2) is 4.98 Å². The standard InChI is InChI=1S/C12H24N4/c1-5-15(6-2)9-11(3)16-10-14-8-12(16)7-13-4/h8,10-11,13H,5-7,9H2,1-4H3. The van der Waals surface area contributed by atoms with E-state index in [1.165, 1.54) is 5.69 Å². The van der Waals surface area contributed by atoms with Crippen LogP contribution >= 0.6 is 0 Å². The third-order valence-corrected chi connectivity index (χ3v) is 3.00. The Labute approximate surface area is 98.7 Å². The first-order valence-corrected chi connectivity index (χ1v) is 6.10. The molecule has 0 spiro atoms. The predicted octanol–water partition coefficient (Wildman–Crippen LogP) is 1.51. The molecular weight excluding hydrogens is 200 g/mol. The molecule has 1 unspecified atom stereocenters. The van der Waals surface area contributed by atoms with Crippen LogP contribution in [0.1, 0.15) is 32.5 Å². The third kappa shape index (κ3) is 3.32. The van der Waals surface area contributed by atoms with Crippen molar-refractivity contribution in [3.8, 4) is 0 Å². The van der Waals surface area contributed by atoms with Crippen molar-refractivity contribution in [2.24, 2.45) is 0 Å². The highest BCUT2D eigenvalue weighted by atomic mass is 15.2. The van der Waals surface area contributed by atoms with Crippen LogP contribution < -0.4 is 5.32 Å². The molecule has 1 N–H and O–H groups in total. The molecule has 92 valence electrons. The second kappa shape index (κ2) is 6.66. The van der Waals surface area contributed by atoms with Gasteiger partial charge in [0.15, 0.2) is 0 Å². The minimum absolute atomic E-state index is 0.478. The van der Waals surface area contributed by atoms with E-state index in [2.05, 4.69) is 40.5 Å². The first kappa shape index (κ1) is 13.2. The lowest BCUT2D eigenvalue weighted by Crippen LogP contribution is -2.30. The topological polar surface area (TPSA) is 33.1 Å². The molecule has 0 saturated heterocycles. The average Bonchev–Trinajstić information content (AvgIpc) is 2.74. The predicted molar refractivity (Wildman–Crippen MR) is 67.5 cm³/mol. The quantitative estimate of drug-likeness (QED) is 0.762. The first-order chi connectivity index (χ1) is 7.72. The monoisotopic (exact) mass is 224 g/mol. The van der Waals surface area contributed by atoms with E-state index >= 15 is 0 Å². The lowest BCUT2D eigenvalue weighted by Gasteiger charge is -2.24. The number of likely N-dealkylation sites (N-methyl/N-ethyl adjacent to an activating group) is 1. The summed E-state index contributed by atoms with van der Waals surface area (Å²) >= 11 is 0. The summed E-state index contributed by atoms with van der Waals surface area (Å²) < 4.78 is 2.26. The van der Waals surface area contributed by atoms with E-state index < -0.39 is 0 Å². The highest BCUT2D eigenvalue weighted by Gasteiger charge is 2.11. The van der Waals surface area contributed by atoms with Gasteiger partial charge in [-0.1, -0.05) is 13.8 Å². The number of rotatable bonds is 7. The van der Waals surface area contributed by atoms with Gasteiger partial charge in [-0.05, 0) is 27.1 Å². The number of hydrogen-bond donors (Lipinski definition) is 1. The average molecular weight is 224 g/mol. The summed E-state index contributed by atoms with van der Waals surface area (Å²) in [6.45, 7) is 10.8. The second-order valence-corrected chi connectivity index (χ2v) is 4.16. The fourth-order valence-electron chi connectivity index (χ4n) is 1.99. The summed E-state index contributed by atoms with van der Waals surface area (Å²) in [6, 6.07) is 0.478. The molecule has 1 aromatic rings. The number of imidazole rings is 1. The fraction of sp³-hybridized carbons (Fsp3) is 0.750. The molecule has 0 aliphatic rings. The SMILES string of the molecule is CCN(CC)CC(C)n1cncc1CNC. The fourth-order valence-corrected chi connectivity index (χ4v) is 1.99. The van der Waals surface area contributed by atoms with Crippen LogP contribution in [0.2, 0.25) is 0 Å². The number of nitrogens with zero attached hydrogens (tertiary/aromatic N) is 3. The van der Waals surface area contributed by atoms with Crippen molar-refractivity contribution in [2.75, 3.05) is 26.7 Å². The van der Waals surface area contributed by atoms with Crippen LogP contribution in [0.4, 0.5) is 0 Å². The Balaban J connectivity index is 2.64. The van der Waals surface area contributed by atoms with Crippen LogP contribution in [0.5, 0.6) is 0 Å². The van der Waals surface area contributed by atoms with E-state index in [0.29, 0.717) is 6.04 Å². The van der Waals surface area contributed by atoms with Crippen LogP contribution in [0, 0.1) is 0 Å². The van der Waals surface area contributed by atoms with Crippen molar-refractivity contribution >= 4 is 0 Å². The van der Waals surface area contributed by atoms with Gasteiger partial charge in [-0.15, -0.1) is 0 Å². The molecule has 0 saturated carbocycles. The van der Waals surface area contributed by atoms with Crippen molar-refractivity contribution in [1.29, 1.82) is 0 Å². The zero-order chi connectivity index (χ0) is 12.0. The normalized spacial score (nSPS) is 13.3. The van der Waals surface area contributed by atoms with Crippen LogP contribution in [0.25, 0.3) is 0 Å². The van der Waals surface area contributed by atoms with Gasteiger partial charge in [-0.3, -0.25) is 0 Å². The highest BCUT2D eigenvalue weighted by Crippen LogP contribution is 2.11. The Morgan fingerprint density at radius 2 is 2.12 bits per heavy atom. The third-order valence-electron chi connectivity index (χ3n) is 3.00. The Bertz CT molecular complexity index is 291. The molecule has 1 heterocycles. The molecule has 1 atom stereocenters. The Hall–Kier alpha value is -0.870. The zero-order valence-corrected chi connectivity index (χ0v) is 10.9. The summed E-state index contributed by atoms with van der Waals surface area (Å²) in [5.41, 5.74) is 1.25. The number of nitrogens with one attached hydrogen (secondary N) is 1. The Morgan fingerprint density at radius 3 is 2.69 bits per heavy atom. The van der Waals surface area contributed by atoms with Crippen LogP contribution in [0.15, 0.2) is 12.5 Å². The van der Waals surface area contributed by atoms with Crippen molar-refractivity contribution in [3.05, 3.63) is 18.2 Å². The van der Waals surface area contributed by atoms with Crippen LogP contribution in [-0.4, -0.2) is 41.1 Å². The zero-order valence-electron chi connectivity index (χ0n) is 10.9. The molecule has 0 fully saturated rings. The van der Waals surface area contributed by atoms with Gasteiger partial charge in [0.05, 0.1) is 12.0 Å². The molecule has 4 nitrogen and oxygen atoms in total. The van der Waals surface area contributed by atoms with E-state index in [1.54, 1.807) is 0 Å². The molecule has 0 radical (unpaired) electrons. The maximum absolute atomic E-state index is 4.23. The molecule has 0 amide bonds. The highest BCUT2D eigenvalue weighted by molar-refractivity contribution is 4.99. The van der Waals surface area contributed by atoms with Crippen LogP contribution in [0.3, 0.4) is 0 Å². The van der Waals surface area contributed by atoms with Crippen molar-refractivity contribution < 1.29 is 0 Å². The molecule has 0 aliphatic carbocycles. The molecule has 0 bridgehead atoms. The number of aromatic nitrogens is 2. The van der Waals surface area contributed by atoms with Gasteiger partial charge in [0.1, 0.15) is 0 Å². The summed E-state index contributed by atoms with van der Waals surface area (Å²) in [5, 5.41) is 3.17. The first-order valence-electron chi connectivity index (χ1n) is 6.10. The summed E-state index contributed by atoms with van der Waals surface area (Å²) in [6.07, 6.45) is 3.87. The maximum atomic E-state index is 4.23. The van der Waals surface area contributed by atoms with Gasteiger partial charge in [0, 0.05) is 25.3 Å². The second-order valence-electron chi connectivity index (χ2n) is 4.16. The van der Waals surface area contributed by atoms with E-state index in [0.717, 1.165) is 26.2 Å². The van der Waals surface area contributed by atoms with E-state index in [9.17, 15) is 0 Å². The molecule has 1 aromatic heterocycles. The van der Waals surface area contributed by atoms with Gasteiger partial charge in [0.2, 0.25) is 0 Å². The van der Waals surface area contributed by atoms with Gasteiger partial charge in [-0.2, -0.15) is 0 Å². The molecule has 4 heteroatoms. The minimum atomic E-state index is 0.478. The molecule has 1 rings (SSSR count). The van der Waals surface area contributed by atoms with Gasteiger partial charge in [0.25, 0.3) is 0 Å². The molecule has 0 aliphatic heterocycles. The molecular formula is C12H24N4. The van der Waals surface area contributed by atoms with Crippen molar-refractivity contribution in [2.45, 2.75) is 33.4 Å². The Morgan fingerprint density at radius 1 is 1.44 bits per heavy atom. The smallest absolute Gasteiger partial charge is 0.0951 e. The lowest BCUT2D eigenvalue weighted by molar-refractivity contribution is 0.259. The maximum Gasteiger partial charge on any atom is 0.0951 e. The largest absolute Gasteiger partial charge is 0.329 e. The summed E-state index contributed by atoms with van der Waals surface area (Å²) in [5.74, 6) is 0. The van der Waals surface area contributed by atoms with Gasteiger partial charge < -0.3 is 14.8 Å². The summed E-state index contributed by atoms with van der Waals surface area (Å²) in [7, 11) is 1.96. The van der Waals surface area contributed by atoms with E-state index in [1.807, 2.05) is 19.6 Å². The van der Waals surface area contributed by atoms with Crippen molar-refractivity contribution in [3.63, 3.8) is 0 Å². The molecule has 0 aromatic carbocycles. The minimum Gasteiger partial charge on any atom is -0.329 e. The molecule has 16 heavy (non-hydrogen) atoms. The van der Waals surface area contributed by atoms with Crippen LogP contribution in [-0.2, 0) is 6.54 Å². The van der Waals surface area contributed by atoms with E-state index in [4.69, 9.17) is 0 Å². The lowest BCUT2D eigenvalue weighted by atomic mass is 10.3. The summed E-state index contributed by atoms with van der Waals surface area (Å²) in [4.78, 5) is 6.66. The van der Waals surface area contributed by atoms with E-state index in [-0.39, 0.29) is 0 Å². The Kier molecular flexibility index (Phi) is 5.49. The number of hydrogen-bond acceptors (Lipinski definition) is 3. The van der Waals surface area contributed by atoms with Crippen molar-refractivity contribution in [1.82, 2.24) is 19.8 Å².